The quantitative estimate of drug-likeness (QED) is 0.803. The summed E-state index contributed by atoms with van der Waals surface area (Å²) in [5.41, 5.74) is 6.40. The van der Waals surface area contributed by atoms with Crippen molar-refractivity contribution < 1.29 is 9.13 Å². The van der Waals surface area contributed by atoms with Crippen LogP contribution in [0.1, 0.15) is 20.3 Å². The summed E-state index contributed by atoms with van der Waals surface area (Å²) in [5, 5.41) is 3.21. The van der Waals surface area contributed by atoms with Crippen LogP contribution in [0.15, 0.2) is 18.2 Å². The molecule has 0 radical (unpaired) electrons. The molecular weight excluding hydrogens is 219 g/mol. The van der Waals surface area contributed by atoms with E-state index in [-0.39, 0.29) is 17.0 Å². The highest BCUT2D eigenvalue weighted by Gasteiger charge is 2.16. The smallest absolute Gasteiger partial charge is 0.167 e. The molecule has 3 nitrogen and oxygen atoms in total. The molecule has 3 N–H and O–H groups in total. The van der Waals surface area contributed by atoms with Crippen molar-refractivity contribution >= 4 is 5.69 Å². The van der Waals surface area contributed by atoms with Gasteiger partial charge in [0.1, 0.15) is 0 Å². The number of hydrogen-bond acceptors (Lipinski definition) is 3. The van der Waals surface area contributed by atoms with Crippen LogP contribution in [0.25, 0.3) is 0 Å². The lowest BCUT2D eigenvalue weighted by Crippen LogP contribution is -2.26. The van der Waals surface area contributed by atoms with Gasteiger partial charge in [-0.25, -0.2) is 4.39 Å². The number of benzene rings is 1. The Balaban J connectivity index is 2.61. The number of methoxy groups -OCH3 is 1. The van der Waals surface area contributed by atoms with Gasteiger partial charge >= 0.3 is 0 Å². The molecule has 1 aromatic rings. The van der Waals surface area contributed by atoms with Crippen LogP contribution in [0, 0.1) is 11.2 Å². The van der Waals surface area contributed by atoms with E-state index in [9.17, 15) is 4.39 Å². The molecule has 0 saturated carbocycles. The normalized spacial score (nSPS) is 11.4. The van der Waals surface area contributed by atoms with Gasteiger partial charge in [-0.15, -0.1) is 0 Å². The first-order valence-electron chi connectivity index (χ1n) is 5.76. The fourth-order valence-corrected chi connectivity index (χ4v) is 1.60. The molecule has 0 amide bonds. The third-order valence-corrected chi connectivity index (χ3v) is 2.74. The molecule has 17 heavy (non-hydrogen) atoms. The molecule has 0 aliphatic rings. The third-order valence-electron chi connectivity index (χ3n) is 2.74. The van der Waals surface area contributed by atoms with E-state index in [1.54, 1.807) is 12.1 Å². The number of anilines is 1. The summed E-state index contributed by atoms with van der Waals surface area (Å²) in [6, 6.07) is 4.87. The van der Waals surface area contributed by atoms with Gasteiger partial charge in [-0.05, 0) is 30.5 Å². The zero-order valence-electron chi connectivity index (χ0n) is 10.7. The van der Waals surface area contributed by atoms with Crippen LogP contribution in [-0.2, 0) is 0 Å². The number of halogens is 1. The minimum Gasteiger partial charge on any atom is -0.494 e. The van der Waals surface area contributed by atoms with Crippen molar-refractivity contribution in [2.24, 2.45) is 11.1 Å². The molecule has 0 saturated heterocycles. The molecule has 0 atom stereocenters. The van der Waals surface area contributed by atoms with Crippen LogP contribution in [0.5, 0.6) is 5.75 Å². The third kappa shape index (κ3) is 4.23. The lowest BCUT2D eigenvalue weighted by atomic mass is 9.89. The van der Waals surface area contributed by atoms with Crippen LogP contribution >= 0.6 is 0 Å². The molecule has 0 heterocycles. The highest BCUT2D eigenvalue weighted by atomic mass is 19.1. The van der Waals surface area contributed by atoms with E-state index in [0.29, 0.717) is 6.54 Å². The Labute approximate surface area is 102 Å². The molecule has 96 valence electrons. The van der Waals surface area contributed by atoms with Crippen LogP contribution in [-0.4, -0.2) is 20.2 Å². The Hall–Kier alpha value is -1.29. The number of rotatable bonds is 6. The zero-order valence-corrected chi connectivity index (χ0v) is 10.7. The van der Waals surface area contributed by atoms with Gasteiger partial charge in [0.2, 0.25) is 0 Å². The minimum absolute atomic E-state index is 0.102. The molecule has 0 bridgehead atoms. The van der Waals surface area contributed by atoms with E-state index < -0.39 is 0 Å². The van der Waals surface area contributed by atoms with Gasteiger partial charge < -0.3 is 15.8 Å². The highest BCUT2D eigenvalue weighted by Crippen LogP contribution is 2.23. The Morgan fingerprint density at radius 2 is 2.12 bits per heavy atom. The monoisotopic (exact) mass is 240 g/mol. The van der Waals surface area contributed by atoms with Gasteiger partial charge in [0, 0.05) is 18.3 Å². The van der Waals surface area contributed by atoms with E-state index in [0.717, 1.165) is 18.7 Å². The summed E-state index contributed by atoms with van der Waals surface area (Å²) in [6.45, 7) is 5.68. The van der Waals surface area contributed by atoms with E-state index in [1.165, 1.54) is 13.2 Å². The summed E-state index contributed by atoms with van der Waals surface area (Å²) in [7, 11) is 1.45. The summed E-state index contributed by atoms with van der Waals surface area (Å²) in [5.74, 6) is -0.0918. The first-order chi connectivity index (χ1) is 7.98. The molecule has 1 rings (SSSR count). The van der Waals surface area contributed by atoms with Crippen molar-refractivity contribution in [2.75, 3.05) is 25.5 Å². The first-order valence-corrected chi connectivity index (χ1v) is 5.76. The number of ether oxygens (including phenoxy) is 1. The number of nitrogens with two attached hydrogens (primary N) is 1. The summed E-state index contributed by atoms with van der Waals surface area (Å²) in [6.07, 6.45) is 0.929. The maximum Gasteiger partial charge on any atom is 0.167 e. The summed E-state index contributed by atoms with van der Waals surface area (Å²) < 4.78 is 18.3. The average Bonchev–Trinajstić information content (AvgIpc) is 2.27. The molecular formula is C13H21FN2O. The second-order valence-corrected chi connectivity index (χ2v) is 4.91. The van der Waals surface area contributed by atoms with Crippen LogP contribution in [0.3, 0.4) is 0 Å². The minimum atomic E-state index is -0.353. The topological polar surface area (TPSA) is 47.3 Å². The lowest BCUT2D eigenvalue weighted by Gasteiger charge is -2.24. The van der Waals surface area contributed by atoms with E-state index in [1.807, 2.05) is 0 Å². The summed E-state index contributed by atoms with van der Waals surface area (Å²) >= 11 is 0. The van der Waals surface area contributed by atoms with Crippen molar-refractivity contribution in [3.63, 3.8) is 0 Å². The second-order valence-electron chi connectivity index (χ2n) is 4.91. The van der Waals surface area contributed by atoms with Gasteiger partial charge in [0.15, 0.2) is 11.6 Å². The van der Waals surface area contributed by atoms with E-state index in [2.05, 4.69) is 19.2 Å². The molecule has 0 unspecified atom stereocenters. The first kappa shape index (κ1) is 13.8. The Kier molecular flexibility index (Phi) is 4.75. The fourth-order valence-electron chi connectivity index (χ4n) is 1.60. The average molecular weight is 240 g/mol. The maximum absolute atomic E-state index is 13.4. The van der Waals surface area contributed by atoms with Crippen molar-refractivity contribution in [2.45, 2.75) is 20.3 Å². The van der Waals surface area contributed by atoms with Gasteiger partial charge in [-0.1, -0.05) is 13.8 Å². The molecule has 0 spiro atoms. The lowest BCUT2D eigenvalue weighted by molar-refractivity contribution is 0.365. The van der Waals surface area contributed by atoms with Gasteiger partial charge in [0.05, 0.1) is 7.11 Å². The molecule has 0 aliphatic carbocycles. The molecule has 1 aromatic carbocycles. The maximum atomic E-state index is 13.4. The van der Waals surface area contributed by atoms with Crippen molar-refractivity contribution in [1.29, 1.82) is 0 Å². The van der Waals surface area contributed by atoms with E-state index >= 15 is 0 Å². The van der Waals surface area contributed by atoms with Gasteiger partial charge in [0.25, 0.3) is 0 Å². The second kappa shape index (κ2) is 5.87. The molecule has 4 heteroatoms. The summed E-state index contributed by atoms with van der Waals surface area (Å²) in [4.78, 5) is 0. The predicted octanol–water partition coefficient (Wildman–Crippen LogP) is 2.62. The number of nitrogens with one attached hydrogen (secondary N) is 1. The van der Waals surface area contributed by atoms with Crippen LogP contribution in [0.4, 0.5) is 10.1 Å². The van der Waals surface area contributed by atoms with Crippen LogP contribution < -0.4 is 15.8 Å². The molecule has 0 aliphatic heterocycles. The Morgan fingerprint density at radius 3 is 2.65 bits per heavy atom. The standard InChI is InChI=1S/C13H21FN2O/c1-13(2,6-7-15)9-16-10-4-5-12(17-3)11(14)8-10/h4-5,8,16H,6-7,9,15H2,1-3H3. The Morgan fingerprint density at radius 1 is 1.41 bits per heavy atom. The fraction of sp³-hybridized carbons (Fsp3) is 0.538. The van der Waals surface area contributed by atoms with Crippen molar-refractivity contribution in [1.82, 2.24) is 0 Å². The SMILES string of the molecule is COc1ccc(NCC(C)(C)CCN)cc1F. The predicted molar refractivity (Wildman–Crippen MR) is 68.9 cm³/mol. The van der Waals surface area contributed by atoms with Gasteiger partial charge in [-0.2, -0.15) is 0 Å². The molecule has 0 aromatic heterocycles. The number of hydrogen-bond donors (Lipinski definition) is 2. The van der Waals surface area contributed by atoms with Crippen LogP contribution in [0.2, 0.25) is 0 Å². The Bertz CT molecular complexity index is 366. The highest BCUT2D eigenvalue weighted by molar-refractivity contribution is 5.47. The van der Waals surface area contributed by atoms with E-state index in [4.69, 9.17) is 10.5 Å². The van der Waals surface area contributed by atoms with Gasteiger partial charge in [-0.3, -0.25) is 0 Å². The largest absolute Gasteiger partial charge is 0.494 e. The molecule has 0 fully saturated rings. The van der Waals surface area contributed by atoms with Crippen molar-refractivity contribution in [3.8, 4) is 5.75 Å². The zero-order chi connectivity index (χ0) is 12.9. The van der Waals surface area contributed by atoms with Crippen molar-refractivity contribution in [3.05, 3.63) is 24.0 Å².